The van der Waals surface area contributed by atoms with Crippen LogP contribution in [0, 0.1) is 11.8 Å². The molecule has 21 heavy (non-hydrogen) atoms. The monoisotopic (exact) mass is 294 g/mol. The van der Waals surface area contributed by atoms with Gasteiger partial charge in [-0.3, -0.25) is 9.59 Å². The molecule has 0 aromatic heterocycles. The third kappa shape index (κ3) is 3.76. The standard InChI is InChI=1S/C16H26N2O3/c19-15(8-10-6-13-4-5-14(7-10)17-13)18-12-3-1-2-11(9-12)16(20)21/h10-14,17H,1-9H2,(H,18,19)(H,20,21). The first-order valence-corrected chi connectivity index (χ1v) is 8.38. The first-order valence-electron chi connectivity index (χ1n) is 8.38. The number of carbonyl (C=O) groups is 2. The maximum atomic E-state index is 12.2. The van der Waals surface area contributed by atoms with Crippen molar-refractivity contribution in [2.45, 2.75) is 75.9 Å². The maximum Gasteiger partial charge on any atom is 0.306 e. The summed E-state index contributed by atoms with van der Waals surface area (Å²) >= 11 is 0. The maximum absolute atomic E-state index is 12.2. The van der Waals surface area contributed by atoms with Crippen LogP contribution in [0.2, 0.25) is 0 Å². The largest absolute Gasteiger partial charge is 0.481 e. The predicted octanol–water partition coefficient (Wildman–Crippen LogP) is 1.67. The van der Waals surface area contributed by atoms with Crippen LogP contribution < -0.4 is 10.6 Å². The lowest BCUT2D eigenvalue weighted by molar-refractivity contribution is -0.143. The molecule has 5 heteroatoms. The Hall–Kier alpha value is -1.10. The van der Waals surface area contributed by atoms with E-state index in [-0.39, 0.29) is 17.9 Å². The van der Waals surface area contributed by atoms with Crippen LogP contribution in [0.3, 0.4) is 0 Å². The van der Waals surface area contributed by atoms with Crippen molar-refractivity contribution in [1.29, 1.82) is 0 Å². The average Bonchev–Trinajstić information content (AvgIpc) is 2.78. The summed E-state index contributed by atoms with van der Waals surface area (Å²) in [7, 11) is 0. The van der Waals surface area contributed by atoms with Crippen LogP contribution in [0.25, 0.3) is 0 Å². The van der Waals surface area contributed by atoms with E-state index in [1.807, 2.05) is 0 Å². The molecule has 0 spiro atoms. The number of carboxylic acids is 1. The van der Waals surface area contributed by atoms with Gasteiger partial charge in [0.1, 0.15) is 0 Å². The molecule has 5 nitrogen and oxygen atoms in total. The average molecular weight is 294 g/mol. The lowest BCUT2D eigenvalue weighted by atomic mass is 9.85. The zero-order valence-corrected chi connectivity index (χ0v) is 12.5. The summed E-state index contributed by atoms with van der Waals surface area (Å²) in [5.41, 5.74) is 0. The molecule has 0 aromatic rings. The normalized spacial score (nSPS) is 39.0. The first kappa shape index (κ1) is 14.8. The molecule has 2 heterocycles. The first-order chi connectivity index (χ1) is 10.1. The fourth-order valence-electron chi connectivity index (χ4n) is 4.44. The number of aliphatic carboxylic acids is 1. The summed E-state index contributed by atoms with van der Waals surface area (Å²) in [4.78, 5) is 23.3. The van der Waals surface area contributed by atoms with E-state index in [1.165, 1.54) is 12.8 Å². The van der Waals surface area contributed by atoms with Gasteiger partial charge in [-0.2, -0.15) is 0 Å². The molecule has 1 saturated carbocycles. The number of amides is 1. The molecule has 3 rings (SSSR count). The summed E-state index contributed by atoms with van der Waals surface area (Å²) in [5, 5.41) is 15.8. The summed E-state index contributed by atoms with van der Waals surface area (Å²) in [6, 6.07) is 1.30. The van der Waals surface area contributed by atoms with E-state index < -0.39 is 5.97 Å². The molecule has 0 aromatic carbocycles. The van der Waals surface area contributed by atoms with Gasteiger partial charge in [-0.1, -0.05) is 6.42 Å². The van der Waals surface area contributed by atoms with Crippen molar-refractivity contribution < 1.29 is 14.7 Å². The molecular formula is C16H26N2O3. The smallest absolute Gasteiger partial charge is 0.306 e. The predicted molar refractivity (Wildman–Crippen MR) is 78.8 cm³/mol. The highest BCUT2D eigenvalue weighted by atomic mass is 16.4. The Balaban J connectivity index is 1.44. The van der Waals surface area contributed by atoms with Gasteiger partial charge in [0.05, 0.1) is 5.92 Å². The minimum absolute atomic E-state index is 0.0609. The van der Waals surface area contributed by atoms with E-state index >= 15 is 0 Å². The summed E-state index contributed by atoms with van der Waals surface area (Å²) in [5.74, 6) is -0.373. The number of hydrogen-bond acceptors (Lipinski definition) is 3. The van der Waals surface area contributed by atoms with Gasteiger partial charge in [0, 0.05) is 24.5 Å². The molecule has 118 valence electrons. The number of rotatable bonds is 4. The Kier molecular flexibility index (Phi) is 4.48. The van der Waals surface area contributed by atoms with Gasteiger partial charge in [-0.05, 0) is 50.9 Å². The van der Waals surface area contributed by atoms with Gasteiger partial charge in [0.25, 0.3) is 0 Å². The number of carbonyl (C=O) groups excluding carboxylic acids is 1. The fourth-order valence-corrected chi connectivity index (χ4v) is 4.44. The van der Waals surface area contributed by atoms with Gasteiger partial charge in [-0.25, -0.2) is 0 Å². The number of fused-ring (bicyclic) bond motifs is 2. The minimum atomic E-state index is -0.719. The van der Waals surface area contributed by atoms with Crippen LogP contribution in [-0.4, -0.2) is 35.1 Å². The van der Waals surface area contributed by atoms with E-state index in [1.54, 1.807) is 0 Å². The van der Waals surface area contributed by atoms with E-state index in [4.69, 9.17) is 5.11 Å². The van der Waals surface area contributed by atoms with Gasteiger partial charge < -0.3 is 15.7 Å². The van der Waals surface area contributed by atoms with E-state index in [2.05, 4.69) is 10.6 Å². The molecule has 3 fully saturated rings. The lowest BCUT2D eigenvalue weighted by Crippen LogP contribution is -2.43. The quantitative estimate of drug-likeness (QED) is 0.737. The van der Waals surface area contributed by atoms with Crippen molar-refractivity contribution in [3.05, 3.63) is 0 Å². The van der Waals surface area contributed by atoms with Crippen LogP contribution >= 0.6 is 0 Å². The Bertz CT molecular complexity index is 400. The summed E-state index contributed by atoms with van der Waals surface area (Å²) in [6.45, 7) is 0. The third-order valence-electron chi connectivity index (χ3n) is 5.43. The van der Waals surface area contributed by atoms with Crippen LogP contribution in [0.15, 0.2) is 0 Å². The van der Waals surface area contributed by atoms with Crippen molar-refractivity contribution in [1.82, 2.24) is 10.6 Å². The third-order valence-corrected chi connectivity index (χ3v) is 5.43. The van der Waals surface area contributed by atoms with Gasteiger partial charge >= 0.3 is 5.97 Å². The second kappa shape index (κ2) is 6.34. The highest BCUT2D eigenvalue weighted by Crippen LogP contribution is 2.32. The highest BCUT2D eigenvalue weighted by molar-refractivity contribution is 5.77. The number of piperidine rings is 1. The van der Waals surface area contributed by atoms with Crippen LogP contribution in [0.1, 0.15) is 57.8 Å². The van der Waals surface area contributed by atoms with Crippen molar-refractivity contribution in [2.75, 3.05) is 0 Å². The van der Waals surface area contributed by atoms with Gasteiger partial charge in [0.2, 0.25) is 5.91 Å². The molecule has 2 saturated heterocycles. The zero-order chi connectivity index (χ0) is 14.8. The molecule has 2 aliphatic heterocycles. The molecular weight excluding hydrogens is 268 g/mol. The molecule has 0 radical (unpaired) electrons. The molecule has 4 unspecified atom stereocenters. The van der Waals surface area contributed by atoms with E-state index in [9.17, 15) is 9.59 Å². The number of carboxylic acid groups (broad SMARTS) is 1. The number of nitrogens with one attached hydrogen (secondary N) is 2. The molecule has 3 aliphatic rings. The molecule has 2 bridgehead atoms. The number of hydrogen-bond donors (Lipinski definition) is 3. The van der Waals surface area contributed by atoms with Crippen molar-refractivity contribution >= 4 is 11.9 Å². The topological polar surface area (TPSA) is 78.4 Å². The van der Waals surface area contributed by atoms with Gasteiger partial charge in [0.15, 0.2) is 0 Å². The van der Waals surface area contributed by atoms with Crippen LogP contribution in [0.5, 0.6) is 0 Å². The fraction of sp³-hybridized carbons (Fsp3) is 0.875. The second-order valence-electron chi connectivity index (χ2n) is 7.15. The van der Waals surface area contributed by atoms with Crippen molar-refractivity contribution in [2.24, 2.45) is 11.8 Å². The molecule has 4 atom stereocenters. The Labute approximate surface area is 125 Å². The summed E-state index contributed by atoms with van der Waals surface area (Å²) in [6.07, 6.45) is 8.53. The van der Waals surface area contributed by atoms with Gasteiger partial charge in [-0.15, -0.1) is 0 Å². The Morgan fingerprint density at radius 3 is 2.43 bits per heavy atom. The Morgan fingerprint density at radius 2 is 1.76 bits per heavy atom. The zero-order valence-electron chi connectivity index (χ0n) is 12.5. The lowest BCUT2D eigenvalue weighted by Gasteiger charge is -2.30. The molecule has 3 N–H and O–H groups in total. The highest BCUT2D eigenvalue weighted by Gasteiger charge is 2.34. The Morgan fingerprint density at radius 1 is 1.05 bits per heavy atom. The summed E-state index contributed by atoms with van der Waals surface area (Å²) < 4.78 is 0. The van der Waals surface area contributed by atoms with Crippen LogP contribution in [-0.2, 0) is 9.59 Å². The van der Waals surface area contributed by atoms with E-state index in [0.717, 1.165) is 32.1 Å². The SMILES string of the molecule is O=C(CC1CC2CCC(C1)N2)NC1CCCC(C(=O)O)C1. The van der Waals surface area contributed by atoms with E-state index in [0.29, 0.717) is 30.8 Å². The molecule has 1 aliphatic carbocycles. The second-order valence-corrected chi connectivity index (χ2v) is 7.15. The van der Waals surface area contributed by atoms with Crippen molar-refractivity contribution in [3.8, 4) is 0 Å². The van der Waals surface area contributed by atoms with Crippen LogP contribution in [0.4, 0.5) is 0 Å². The molecule has 1 amide bonds. The minimum Gasteiger partial charge on any atom is -0.481 e. The van der Waals surface area contributed by atoms with Crippen molar-refractivity contribution in [3.63, 3.8) is 0 Å².